The van der Waals surface area contributed by atoms with Crippen LogP contribution in [-0.2, 0) is 4.79 Å². The van der Waals surface area contributed by atoms with Crippen molar-refractivity contribution < 1.29 is 9.90 Å². The molecule has 0 rings (SSSR count). The standard InChI is InChI=1S/C11H19NO2S/c1-3-8-15-9-7-12-6-5-10(4-2)11(13)14/h3,5,12H,1,4,6-9H2,2H3,(H,13,14)/b10-5-. The van der Waals surface area contributed by atoms with Crippen molar-refractivity contribution in [2.45, 2.75) is 13.3 Å². The second-order valence-corrected chi connectivity index (χ2v) is 4.11. The third kappa shape index (κ3) is 8.27. The summed E-state index contributed by atoms with van der Waals surface area (Å²) in [7, 11) is 0. The van der Waals surface area contributed by atoms with Crippen LogP contribution in [-0.4, -0.2) is 35.7 Å². The topological polar surface area (TPSA) is 49.3 Å². The molecule has 0 radical (unpaired) electrons. The van der Waals surface area contributed by atoms with Crippen LogP contribution >= 0.6 is 11.8 Å². The first-order valence-corrected chi connectivity index (χ1v) is 6.19. The summed E-state index contributed by atoms with van der Waals surface area (Å²) in [4.78, 5) is 10.6. The molecule has 3 nitrogen and oxygen atoms in total. The van der Waals surface area contributed by atoms with Crippen LogP contribution < -0.4 is 5.32 Å². The van der Waals surface area contributed by atoms with Gasteiger partial charge in [-0.05, 0) is 6.42 Å². The summed E-state index contributed by atoms with van der Waals surface area (Å²) in [5, 5.41) is 11.9. The summed E-state index contributed by atoms with van der Waals surface area (Å²) in [6, 6.07) is 0. The van der Waals surface area contributed by atoms with E-state index in [1.165, 1.54) is 0 Å². The molecule has 0 aliphatic carbocycles. The maximum absolute atomic E-state index is 10.6. The number of hydrogen-bond acceptors (Lipinski definition) is 3. The van der Waals surface area contributed by atoms with Crippen LogP contribution in [0, 0.1) is 0 Å². The summed E-state index contributed by atoms with van der Waals surface area (Å²) >= 11 is 1.81. The molecule has 0 bridgehead atoms. The van der Waals surface area contributed by atoms with Crippen molar-refractivity contribution >= 4 is 17.7 Å². The molecular formula is C11H19NO2S. The molecule has 0 heterocycles. The van der Waals surface area contributed by atoms with E-state index >= 15 is 0 Å². The Morgan fingerprint density at radius 2 is 2.33 bits per heavy atom. The van der Waals surface area contributed by atoms with Crippen molar-refractivity contribution in [3.63, 3.8) is 0 Å². The van der Waals surface area contributed by atoms with Gasteiger partial charge in [-0.1, -0.05) is 19.1 Å². The van der Waals surface area contributed by atoms with Gasteiger partial charge in [0.05, 0.1) is 0 Å². The Morgan fingerprint density at radius 1 is 1.60 bits per heavy atom. The lowest BCUT2D eigenvalue weighted by Gasteiger charge is -2.01. The monoisotopic (exact) mass is 229 g/mol. The van der Waals surface area contributed by atoms with Gasteiger partial charge < -0.3 is 10.4 Å². The maximum Gasteiger partial charge on any atom is 0.331 e. The molecule has 86 valence electrons. The first-order valence-electron chi connectivity index (χ1n) is 5.04. The van der Waals surface area contributed by atoms with Crippen molar-refractivity contribution in [1.29, 1.82) is 0 Å². The molecule has 0 aromatic heterocycles. The Labute approximate surface area is 95.6 Å². The predicted octanol–water partition coefficient (Wildman–Crippen LogP) is 1.92. The highest BCUT2D eigenvalue weighted by atomic mass is 32.2. The molecule has 0 unspecified atom stereocenters. The highest BCUT2D eigenvalue weighted by molar-refractivity contribution is 7.99. The number of hydrogen-bond donors (Lipinski definition) is 2. The summed E-state index contributed by atoms with van der Waals surface area (Å²) in [6.07, 6.45) is 4.19. The summed E-state index contributed by atoms with van der Waals surface area (Å²) in [5.41, 5.74) is 0.473. The molecule has 0 aliphatic heterocycles. The van der Waals surface area contributed by atoms with E-state index in [1.807, 2.05) is 13.0 Å². The van der Waals surface area contributed by atoms with E-state index in [2.05, 4.69) is 11.9 Å². The van der Waals surface area contributed by atoms with E-state index in [0.717, 1.165) is 18.1 Å². The van der Waals surface area contributed by atoms with E-state index in [9.17, 15) is 4.79 Å². The number of carboxylic acids is 1. The minimum absolute atomic E-state index is 0.473. The van der Waals surface area contributed by atoms with Crippen molar-refractivity contribution in [3.05, 3.63) is 24.3 Å². The van der Waals surface area contributed by atoms with Gasteiger partial charge in [0.2, 0.25) is 0 Å². The van der Waals surface area contributed by atoms with Crippen molar-refractivity contribution in [2.75, 3.05) is 24.6 Å². The number of thioether (sulfide) groups is 1. The fourth-order valence-electron chi connectivity index (χ4n) is 0.991. The van der Waals surface area contributed by atoms with Gasteiger partial charge in [0.25, 0.3) is 0 Å². The summed E-state index contributed by atoms with van der Waals surface area (Å²) in [6.45, 7) is 7.00. The van der Waals surface area contributed by atoms with Gasteiger partial charge in [-0.3, -0.25) is 0 Å². The van der Waals surface area contributed by atoms with Crippen LogP contribution in [0.15, 0.2) is 24.3 Å². The zero-order valence-corrected chi connectivity index (χ0v) is 9.98. The summed E-state index contributed by atoms with van der Waals surface area (Å²) < 4.78 is 0. The quantitative estimate of drug-likeness (QED) is 0.360. The van der Waals surface area contributed by atoms with E-state index in [4.69, 9.17) is 5.11 Å². The van der Waals surface area contributed by atoms with Gasteiger partial charge in [-0.2, -0.15) is 11.8 Å². The van der Waals surface area contributed by atoms with Crippen molar-refractivity contribution in [1.82, 2.24) is 5.32 Å². The molecule has 15 heavy (non-hydrogen) atoms. The van der Waals surface area contributed by atoms with Crippen molar-refractivity contribution in [3.8, 4) is 0 Å². The molecule has 4 heteroatoms. The van der Waals surface area contributed by atoms with E-state index in [1.54, 1.807) is 17.8 Å². The number of carbonyl (C=O) groups is 1. The highest BCUT2D eigenvalue weighted by Crippen LogP contribution is 1.99. The number of carboxylic acid groups (broad SMARTS) is 1. The van der Waals surface area contributed by atoms with E-state index < -0.39 is 5.97 Å². The van der Waals surface area contributed by atoms with Gasteiger partial charge in [0.1, 0.15) is 0 Å². The number of rotatable bonds is 9. The zero-order valence-electron chi connectivity index (χ0n) is 9.16. The SMILES string of the molecule is C=CCSCCNC/C=C(/CC)C(=O)O. The normalized spacial score (nSPS) is 11.4. The Balaban J connectivity index is 3.50. The molecule has 0 aromatic carbocycles. The third-order valence-electron chi connectivity index (χ3n) is 1.81. The lowest BCUT2D eigenvalue weighted by atomic mass is 10.2. The lowest BCUT2D eigenvalue weighted by molar-refractivity contribution is -0.132. The Bertz CT molecular complexity index is 227. The van der Waals surface area contributed by atoms with E-state index in [0.29, 0.717) is 18.5 Å². The second-order valence-electron chi connectivity index (χ2n) is 2.96. The molecule has 0 spiro atoms. The first kappa shape index (κ1) is 14.3. The Morgan fingerprint density at radius 3 is 2.87 bits per heavy atom. The first-order chi connectivity index (χ1) is 7.22. The van der Waals surface area contributed by atoms with Crippen LogP contribution in [0.5, 0.6) is 0 Å². The van der Waals surface area contributed by atoms with Crippen LogP contribution in [0.1, 0.15) is 13.3 Å². The van der Waals surface area contributed by atoms with Gasteiger partial charge >= 0.3 is 5.97 Å². The van der Waals surface area contributed by atoms with Crippen molar-refractivity contribution in [2.24, 2.45) is 0 Å². The minimum Gasteiger partial charge on any atom is -0.478 e. The minimum atomic E-state index is -0.819. The van der Waals surface area contributed by atoms with Crippen LogP contribution in [0.2, 0.25) is 0 Å². The fraction of sp³-hybridized carbons (Fsp3) is 0.545. The number of aliphatic carboxylic acids is 1. The van der Waals surface area contributed by atoms with Crippen LogP contribution in [0.25, 0.3) is 0 Å². The fourth-order valence-corrected chi connectivity index (χ4v) is 1.61. The largest absolute Gasteiger partial charge is 0.478 e. The van der Waals surface area contributed by atoms with E-state index in [-0.39, 0.29) is 0 Å². The molecule has 0 aromatic rings. The third-order valence-corrected chi connectivity index (χ3v) is 2.77. The highest BCUT2D eigenvalue weighted by Gasteiger charge is 2.01. The van der Waals surface area contributed by atoms with Gasteiger partial charge in [-0.15, -0.1) is 6.58 Å². The Kier molecular flexibility index (Phi) is 9.32. The average molecular weight is 229 g/mol. The molecule has 0 amide bonds. The van der Waals surface area contributed by atoms with Gasteiger partial charge in [0.15, 0.2) is 0 Å². The summed E-state index contributed by atoms with van der Waals surface area (Å²) in [5.74, 6) is 1.17. The molecule has 0 saturated heterocycles. The maximum atomic E-state index is 10.6. The molecule has 0 aliphatic rings. The van der Waals surface area contributed by atoms with Crippen LogP contribution in [0.3, 0.4) is 0 Å². The zero-order chi connectivity index (χ0) is 11.5. The molecule has 2 N–H and O–H groups in total. The average Bonchev–Trinajstić information content (AvgIpc) is 2.21. The second kappa shape index (κ2) is 9.80. The smallest absolute Gasteiger partial charge is 0.331 e. The number of nitrogens with one attached hydrogen (secondary N) is 1. The lowest BCUT2D eigenvalue weighted by Crippen LogP contribution is -2.18. The predicted molar refractivity (Wildman–Crippen MR) is 66.4 cm³/mol. The molecule has 0 saturated carbocycles. The van der Waals surface area contributed by atoms with Gasteiger partial charge in [0, 0.05) is 30.2 Å². The van der Waals surface area contributed by atoms with Gasteiger partial charge in [-0.25, -0.2) is 4.79 Å². The molecule has 0 fully saturated rings. The van der Waals surface area contributed by atoms with Crippen LogP contribution in [0.4, 0.5) is 0 Å². The molecular weight excluding hydrogens is 210 g/mol. The Hall–Kier alpha value is -0.740. The molecule has 0 atom stereocenters.